The molecule has 0 aliphatic heterocycles. The summed E-state index contributed by atoms with van der Waals surface area (Å²) < 4.78 is 29.5. The summed E-state index contributed by atoms with van der Waals surface area (Å²) in [6.07, 6.45) is 5.53. The molecule has 0 aromatic carbocycles. The first-order valence-electron chi connectivity index (χ1n) is 5.75. The molecular formula is C10H16N6O2S. The van der Waals surface area contributed by atoms with Crippen molar-refractivity contribution in [3.8, 4) is 0 Å². The average molecular weight is 284 g/mol. The van der Waals surface area contributed by atoms with E-state index in [0.29, 0.717) is 19.5 Å². The van der Waals surface area contributed by atoms with Crippen molar-refractivity contribution in [1.82, 2.24) is 24.3 Å². The van der Waals surface area contributed by atoms with E-state index in [0.717, 1.165) is 0 Å². The van der Waals surface area contributed by atoms with Crippen molar-refractivity contribution in [3.05, 3.63) is 24.7 Å². The summed E-state index contributed by atoms with van der Waals surface area (Å²) in [5, 5.41) is 7.84. The van der Waals surface area contributed by atoms with Crippen LogP contribution in [0.2, 0.25) is 0 Å². The topological polar surface area (TPSA) is 108 Å². The number of sulfonamides is 1. The molecule has 0 aliphatic carbocycles. The van der Waals surface area contributed by atoms with E-state index in [9.17, 15) is 8.42 Å². The van der Waals surface area contributed by atoms with Gasteiger partial charge in [0.05, 0.1) is 0 Å². The van der Waals surface area contributed by atoms with Crippen LogP contribution in [0.15, 0.2) is 29.6 Å². The van der Waals surface area contributed by atoms with E-state index < -0.39 is 10.0 Å². The number of nitrogens with zero attached hydrogens (tertiary/aromatic N) is 4. The highest BCUT2D eigenvalue weighted by molar-refractivity contribution is 7.89. The molecule has 104 valence electrons. The summed E-state index contributed by atoms with van der Waals surface area (Å²) in [5.74, 6) is 0.00192. The lowest BCUT2D eigenvalue weighted by Crippen LogP contribution is -2.26. The van der Waals surface area contributed by atoms with Gasteiger partial charge in [0.15, 0.2) is 5.82 Å². The van der Waals surface area contributed by atoms with Gasteiger partial charge >= 0.3 is 0 Å². The van der Waals surface area contributed by atoms with Gasteiger partial charge in [0.1, 0.15) is 4.90 Å². The van der Waals surface area contributed by atoms with Crippen molar-refractivity contribution in [1.29, 1.82) is 0 Å². The standard InChI is InChI=1S/C10H16N6O2S/c1-15-8-9(10(11)14-15)19(17,18)13-5-3-7-16-6-2-4-12-16/h2,4,6,8,13H,3,5,7H2,1H3,(H2,11,14). The molecule has 0 atom stereocenters. The van der Waals surface area contributed by atoms with Crippen molar-refractivity contribution in [2.45, 2.75) is 17.9 Å². The maximum atomic E-state index is 12.0. The van der Waals surface area contributed by atoms with Crippen LogP contribution >= 0.6 is 0 Å². The summed E-state index contributed by atoms with van der Waals surface area (Å²) in [7, 11) is -1.98. The number of nitrogens with two attached hydrogens (primary N) is 1. The number of aryl methyl sites for hydroxylation is 2. The molecule has 2 heterocycles. The Hall–Kier alpha value is -1.87. The van der Waals surface area contributed by atoms with Crippen LogP contribution in [0.5, 0.6) is 0 Å². The molecule has 0 spiro atoms. The highest BCUT2D eigenvalue weighted by atomic mass is 32.2. The molecule has 2 rings (SSSR count). The molecular weight excluding hydrogens is 268 g/mol. The van der Waals surface area contributed by atoms with Gasteiger partial charge < -0.3 is 5.73 Å². The lowest BCUT2D eigenvalue weighted by atomic mass is 10.4. The minimum absolute atomic E-state index is 0.00192. The fourth-order valence-electron chi connectivity index (χ4n) is 1.65. The third-order valence-corrected chi connectivity index (χ3v) is 4.00. The number of nitrogen functional groups attached to an aromatic ring is 1. The molecule has 2 aromatic heterocycles. The first-order chi connectivity index (χ1) is 8.99. The van der Waals surface area contributed by atoms with Crippen molar-refractivity contribution in [2.24, 2.45) is 7.05 Å². The Morgan fingerprint density at radius 2 is 2.26 bits per heavy atom. The monoisotopic (exact) mass is 284 g/mol. The predicted molar refractivity (Wildman–Crippen MR) is 69.7 cm³/mol. The number of hydrogen-bond donors (Lipinski definition) is 2. The zero-order chi connectivity index (χ0) is 13.9. The summed E-state index contributed by atoms with van der Waals surface area (Å²) in [6.45, 7) is 0.967. The van der Waals surface area contributed by atoms with Crippen LogP contribution in [0.3, 0.4) is 0 Å². The summed E-state index contributed by atoms with van der Waals surface area (Å²) in [4.78, 5) is 0.00842. The van der Waals surface area contributed by atoms with Crippen LogP contribution in [-0.2, 0) is 23.6 Å². The van der Waals surface area contributed by atoms with Crippen LogP contribution < -0.4 is 10.5 Å². The van der Waals surface area contributed by atoms with Gasteiger partial charge in [-0.3, -0.25) is 9.36 Å². The molecule has 0 saturated carbocycles. The molecule has 3 N–H and O–H groups in total. The SMILES string of the molecule is Cn1cc(S(=O)(=O)NCCCn2cccn2)c(N)n1. The molecule has 9 heteroatoms. The van der Waals surface area contributed by atoms with Gasteiger partial charge in [-0.25, -0.2) is 13.1 Å². The maximum Gasteiger partial charge on any atom is 0.245 e. The zero-order valence-electron chi connectivity index (χ0n) is 10.5. The van der Waals surface area contributed by atoms with Gasteiger partial charge in [0, 0.05) is 38.7 Å². The lowest BCUT2D eigenvalue weighted by molar-refractivity contribution is 0.553. The minimum atomic E-state index is -3.60. The number of hydrogen-bond acceptors (Lipinski definition) is 5. The number of anilines is 1. The molecule has 0 bridgehead atoms. The molecule has 0 fully saturated rings. The Bertz CT molecular complexity index is 631. The zero-order valence-corrected chi connectivity index (χ0v) is 11.3. The van der Waals surface area contributed by atoms with Crippen LogP contribution in [0, 0.1) is 0 Å². The highest BCUT2D eigenvalue weighted by Crippen LogP contribution is 2.14. The van der Waals surface area contributed by atoms with Crippen LogP contribution in [-0.4, -0.2) is 34.5 Å². The number of rotatable bonds is 6. The fraction of sp³-hybridized carbons (Fsp3) is 0.400. The van der Waals surface area contributed by atoms with Crippen LogP contribution in [0.4, 0.5) is 5.82 Å². The van der Waals surface area contributed by atoms with E-state index in [1.165, 1.54) is 10.9 Å². The van der Waals surface area contributed by atoms with Crippen molar-refractivity contribution >= 4 is 15.8 Å². The second kappa shape index (κ2) is 5.41. The van der Waals surface area contributed by atoms with E-state index in [2.05, 4.69) is 14.9 Å². The first kappa shape index (κ1) is 13.6. The van der Waals surface area contributed by atoms with Crippen molar-refractivity contribution < 1.29 is 8.42 Å². The van der Waals surface area contributed by atoms with E-state index in [1.807, 2.05) is 12.3 Å². The van der Waals surface area contributed by atoms with Gasteiger partial charge in [-0.05, 0) is 12.5 Å². The number of aromatic nitrogens is 4. The van der Waals surface area contributed by atoms with Gasteiger partial charge in [-0.2, -0.15) is 10.2 Å². The van der Waals surface area contributed by atoms with Crippen LogP contribution in [0.25, 0.3) is 0 Å². The lowest BCUT2D eigenvalue weighted by Gasteiger charge is -2.05. The van der Waals surface area contributed by atoms with Gasteiger partial charge in [0.25, 0.3) is 0 Å². The molecule has 0 radical (unpaired) electrons. The average Bonchev–Trinajstić information content (AvgIpc) is 2.94. The van der Waals surface area contributed by atoms with Crippen molar-refractivity contribution in [3.63, 3.8) is 0 Å². The third-order valence-electron chi connectivity index (χ3n) is 2.53. The molecule has 19 heavy (non-hydrogen) atoms. The summed E-state index contributed by atoms with van der Waals surface area (Å²) >= 11 is 0. The van der Waals surface area contributed by atoms with E-state index in [4.69, 9.17) is 5.73 Å². The van der Waals surface area contributed by atoms with Gasteiger partial charge in [-0.15, -0.1) is 0 Å². The highest BCUT2D eigenvalue weighted by Gasteiger charge is 2.19. The Balaban J connectivity index is 1.89. The summed E-state index contributed by atoms with van der Waals surface area (Å²) in [5.41, 5.74) is 5.54. The fourth-order valence-corrected chi connectivity index (χ4v) is 2.83. The molecule has 0 amide bonds. The minimum Gasteiger partial charge on any atom is -0.381 e. The normalized spacial score (nSPS) is 11.8. The Labute approximate surface area is 111 Å². The van der Waals surface area contributed by atoms with Crippen molar-refractivity contribution in [2.75, 3.05) is 12.3 Å². The second-order valence-electron chi connectivity index (χ2n) is 4.07. The Morgan fingerprint density at radius 1 is 1.47 bits per heavy atom. The van der Waals surface area contributed by atoms with E-state index in [1.54, 1.807) is 17.9 Å². The van der Waals surface area contributed by atoms with Gasteiger partial charge in [-0.1, -0.05) is 0 Å². The van der Waals surface area contributed by atoms with Gasteiger partial charge in [0.2, 0.25) is 10.0 Å². The molecule has 0 unspecified atom stereocenters. The smallest absolute Gasteiger partial charge is 0.245 e. The van der Waals surface area contributed by atoms with Crippen LogP contribution in [0.1, 0.15) is 6.42 Å². The van der Waals surface area contributed by atoms with E-state index >= 15 is 0 Å². The molecule has 0 aliphatic rings. The molecule has 8 nitrogen and oxygen atoms in total. The Kier molecular flexibility index (Phi) is 3.86. The second-order valence-corrected chi connectivity index (χ2v) is 5.81. The quantitative estimate of drug-likeness (QED) is 0.700. The summed E-state index contributed by atoms with van der Waals surface area (Å²) in [6, 6.07) is 1.82. The maximum absolute atomic E-state index is 12.0. The predicted octanol–water partition coefficient (Wildman–Crippen LogP) is -0.433. The number of nitrogens with one attached hydrogen (secondary N) is 1. The Morgan fingerprint density at radius 3 is 2.84 bits per heavy atom. The largest absolute Gasteiger partial charge is 0.381 e. The molecule has 0 saturated heterocycles. The first-order valence-corrected chi connectivity index (χ1v) is 7.23. The molecule has 2 aromatic rings. The van der Waals surface area contributed by atoms with E-state index in [-0.39, 0.29) is 10.7 Å². The third kappa shape index (κ3) is 3.32.